The largest absolute Gasteiger partial charge is 0.265 e. The number of benzene rings is 2. The van der Waals surface area contributed by atoms with E-state index in [2.05, 4.69) is 11.7 Å². The molecule has 2 aromatic rings. The molecule has 0 aromatic heterocycles. The van der Waals surface area contributed by atoms with Crippen LogP contribution in [0.3, 0.4) is 0 Å². The van der Waals surface area contributed by atoms with Crippen LogP contribution in [0.2, 0.25) is 5.02 Å². The van der Waals surface area contributed by atoms with Gasteiger partial charge in [0.05, 0.1) is 10.7 Å². The third-order valence-corrected chi connectivity index (χ3v) is 2.53. The highest BCUT2D eigenvalue weighted by atomic mass is 35.5. The fourth-order valence-electron chi connectivity index (χ4n) is 1.45. The second-order valence-corrected chi connectivity index (χ2v) is 3.60. The number of aliphatic imine (C=N–C) groups is 1. The van der Waals surface area contributed by atoms with Crippen molar-refractivity contribution in [2.75, 3.05) is 0 Å². The molecule has 0 aliphatic rings. The van der Waals surface area contributed by atoms with Gasteiger partial charge in [-0.1, -0.05) is 48.0 Å². The second-order valence-electron chi connectivity index (χ2n) is 3.19. The summed E-state index contributed by atoms with van der Waals surface area (Å²) in [6.45, 7) is 3.47. The summed E-state index contributed by atoms with van der Waals surface area (Å²) in [4.78, 5) is 3.83. The number of halogens is 1. The molecule has 0 spiro atoms. The lowest BCUT2D eigenvalue weighted by molar-refractivity contribution is 1.54. The zero-order valence-corrected chi connectivity index (χ0v) is 8.91. The summed E-state index contributed by atoms with van der Waals surface area (Å²) in [6.07, 6.45) is 0. The standard InChI is InChI=1S/C13H10ClN/c1-15-11-7-8-12(13(14)9-11)10-5-3-2-4-6-10/h2-9H,1H2. The van der Waals surface area contributed by atoms with Gasteiger partial charge < -0.3 is 0 Å². The van der Waals surface area contributed by atoms with Gasteiger partial charge in [0.1, 0.15) is 0 Å². The van der Waals surface area contributed by atoms with Crippen LogP contribution in [0.4, 0.5) is 5.69 Å². The highest BCUT2D eigenvalue weighted by molar-refractivity contribution is 6.33. The average molecular weight is 216 g/mol. The molecule has 0 amide bonds. The Morgan fingerprint density at radius 1 is 1.00 bits per heavy atom. The molecule has 0 saturated heterocycles. The minimum Gasteiger partial charge on any atom is -0.265 e. The summed E-state index contributed by atoms with van der Waals surface area (Å²) in [5.41, 5.74) is 2.92. The van der Waals surface area contributed by atoms with E-state index in [9.17, 15) is 0 Å². The molecule has 0 fully saturated rings. The van der Waals surface area contributed by atoms with Crippen molar-refractivity contribution in [3.8, 4) is 11.1 Å². The fourth-order valence-corrected chi connectivity index (χ4v) is 1.74. The predicted molar refractivity (Wildman–Crippen MR) is 66.1 cm³/mol. The lowest BCUT2D eigenvalue weighted by atomic mass is 10.1. The van der Waals surface area contributed by atoms with E-state index in [1.54, 1.807) is 0 Å². The summed E-state index contributed by atoms with van der Waals surface area (Å²) >= 11 is 6.15. The van der Waals surface area contributed by atoms with Gasteiger partial charge in [-0.2, -0.15) is 0 Å². The monoisotopic (exact) mass is 215 g/mol. The van der Waals surface area contributed by atoms with Crippen LogP contribution in [-0.4, -0.2) is 6.72 Å². The molecule has 0 saturated carbocycles. The van der Waals surface area contributed by atoms with Crippen molar-refractivity contribution in [3.63, 3.8) is 0 Å². The molecular weight excluding hydrogens is 206 g/mol. The van der Waals surface area contributed by atoms with Gasteiger partial charge in [0, 0.05) is 5.56 Å². The van der Waals surface area contributed by atoms with Crippen LogP contribution in [-0.2, 0) is 0 Å². The van der Waals surface area contributed by atoms with E-state index >= 15 is 0 Å². The first-order chi connectivity index (χ1) is 7.31. The number of nitrogens with zero attached hydrogens (tertiary/aromatic N) is 1. The Morgan fingerprint density at radius 2 is 1.73 bits per heavy atom. The van der Waals surface area contributed by atoms with Crippen LogP contribution >= 0.6 is 11.6 Å². The normalized spacial score (nSPS) is 9.93. The number of rotatable bonds is 2. The van der Waals surface area contributed by atoms with Gasteiger partial charge in [-0.25, -0.2) is 0 Å². The molecule has 0 N–H and O–H groups in total. The molecule has 0 atom stereocenters. The Kier molecular flexibility index (Phi) is 2.84. The van der Waals surface area contributed by atoms with Gasteiger partial charge in [-0.3, -0.25) is 4.99 Å². The smallest absolute Gasteiger partial charge is 0.0637 e. The first kappa shape index (κ1) is 9.94. The SMILES string of the molecule is C=Nc1ccc(-c2ccccc2)c(Cl)c1. The molecule has 15 heavy (non-hydrogen) atoms. The predicted octanol–water partition coefficient (Wildman–Crippen LogP) is 4.34. The molecule has 1 nitrogen and oxygen atoms in total. The van der Waals surface area contributed by atoms with Crippen molar-refractivity contribution >= 4 is 24.0 Å². The maximum atomic E-state index is 6.15. The van der Waals surface area contributed by atoms with Crippen LogP contribution in [0, 0.1) is 0 Å². The van der Waals surface area contributed by atoms with Crippen LogP contribution in [0.15, 0.2) is 53.5 Å². The van der Waals surface area contributed by atoms with E-state index in [4.69, 9.17) is 11.6 Å². The lowest BCUT2D eigenvalue weighted by Crippen LogP contribution is -1.78. The first-order valence-electron chi connectivity index (χ1n) is 4.63. The molecule has 2 heteroatoms. The summed E-state index contributed by atoms with van der Waals surface area (Å²) < 4.78 is 0. The molecular formula is C13H10ClN. The molecule has 0 heterocycles. The molecule has 0 radical (unpaired) electrons. The first-order valence-corrected chi connectivity index (χ1v) is 5.01. The summed E-state index contributed by atoms with van der Waals surface area (Å²) in [5, 5.41) is 0.700. The van der Waals surface area contributed by atoms with Crippen molar-refractivity contribution < 1.29 is 0 Å². The third-order valence-electron chi connectivity index (χ3n) is 2.22. The van der Waals surface area contributed by atoms with Crippen molar-refractivity contribution in [2.45, 2.75) is 0 Å². The quantitative estimate of drug-likeness (QED) is 0.661. The number of hydrogen-bond acceptors (Lipinski definition) is 1. The van der Waals surface area contributed by atoms with E-state index in [1.165, 1.54) is 0 Å². The highest BCUT2D eigenvalue weighted by Crippen LogP contribution is 2.30. The Hall–Kier alpha value is -1.60. The molecule has 0 aliphatic heterocycles. The summed E-state index contributed by atoms with van der Waals surface area (Å²) in [6, 6.07) is 15.7. The van der Waals surface area contributed by atoms with Gasteiger partial charge in [0.2, 0.25) is 0 Å². The highest BCUT2D eigenvalue weighted by Gasteiger charge is 2.02. The van der Waals surface area contributed by atoms with E-state index in [0.717, 1.165) is 16.8 Å². The van der Waals surface area contributed by atoms with Crippen molar-refractivity contribution in [1.29, 1.82) is 0 Å². The topological polar surface area (TPSA) is 12.4 Å². The van der Waals surface area contributed by atoms with Gasteiger partial charge in [-0.05, 0) is 24.4 Å². The Labute approximate surface area is 94.1 Å². The van der Waals surface area contributed by atoms with Crippen molar-refractivity contribution in [3.05, 3.63) is 53.6 Å². The zero-order chi connectivity index (χ0) is 10.7. The third kappa shape index (κ3) is 2.08. The summed E-state index contributed by atoms with van der Waals surface area (Å²) in [5.74, 6) is 0. The van der Waals surface area contributed by atoms with Crippen LogP contribution < -0.4 is 0 Å². The maximum absolute atomic E-state index is 6.15. The Balaban J connectivity index is 2.51. The van der Waals surface area contributed by atoms with E-state index < -0.39 is 0 Å². The fraction of sp³-hybridized carbons (Fsp3) is 0. The van der Waals surface area contributed by atoms with Gasteiger partial charge in [0.25, 0.3) is 0 Å². The van der Waals surface area contributed by atoms with Crippen LogP contribution in [0.25, 0.3) is 11.1 Å². The molecule has 0 bridgehead atoms. The molecule has 74 valence electrons. The molecule has 2 rings (SSSR count). The summed E-state index contributed by atoms with van der Waals surface area (Å²) in [7, 11) is 0. The van der Waals surface area contributed by atoms with Gasteiger partial charge >= 0.3 is 0 Å². The van der Waals surface area contributed by atoms with E-state index in [1.807, 2.05) is 48.5 Å². The maximum Gasteiger partial charge on any atom is 0.0637 e. The van der Waals surface area contributed by atoms with E-state index in [-0.39, 0.29) is 0 Å². The average Bonchev–Trinajstić information content (AvgIpc) is 2.30. The van der Waals surface area contributed by atoms with Gasteiger partial charge in [0.15, 0.2) is 0 Å². The molecule has 0 unspecified atom stereocenters. The van der Waals surface area contributed by atoms with Crippen LogP contribution in [0.1, 0.15) is 0 Å². The van der Waals surface area contributed by atoms with Gasteiger partial charge in [-0.15, -0.1) is 0 Å². The molecule has 0 aliphatic carbocycles. The van der Waals surface area contributed by atoms with Crippen molar-refractivity contribution in [2.24, 2.45) is 4.99 Å². The Bertz CT molecular complexity index is 477. The minimum absolute atomic E-state index is 0.700. The van der Waals surface area contributed by atoms with E-state index in [0.29, 0.717) is 5.02 Å². The Morgan fingerprint density at radius 3 is 2.33 bits per heavy atom. The van der Waals surface area contributed by atoms with Crippen LogP contribution in [0.5, 0.6) is 0 Å². The lowest BCUT2D eigenvalue weighted by Gasteiger charge is -2.04. The molecule has 2 aromatic carbocycles. The van der Waals surface area contributed by atoms with Crippen molar-refractivity contribution in [1.82, 2.24) is 0 Å². The number of hydrogen-bond donors (Lipinski definition) is 0. The minimum atomic E-state index is 0.700. The second kappa shape index (κ2) is 4.28. The zero-order valence-electron chi connectivity index (χ0n) is 8.15.